The fraction of sp³-hybridized carbons (Fsp3) is 0.357. The van der Waals surface area contributed by atoms with Gasteiger partial charge in [0.1, 0.15) is 0 Å². The van der Waals surface area contributed by atoms with Crippen molar-refractivity contribution < 1.29 is 4.79 Å². The molecule has 0 atom stereocenters. The van der Waals surface area contributed by atoms with Crippen LogP contribution in [0.4, 0.5) is 5.69 Å². The second kappa shape index (κ2) is 5.53. The lowest BCUT2D eigenvalue weighted by atomic mass is 10.2. The van der Waals surface area contributed by atoms with Crippen LogP contribution in [-0.2, 0) is 4.79 Å². The lowest BCUT2D eigenvalue weighted by molar-refractivity contribution is -0.117. The molecule has 0 heterocycles. The summed E-state index contributed by atoms with van der Waals surface area (Å²) in [7, 11) is 0. The van der Waals surface area contributed by atoms with E-state index in [4.69, 9.17) is 5.73 Å². The lowest BCUT2D eigenvalue weighted by Crippen LogP contribution is -2.30. The van der Waals surface area contributed by atoms with Crippen molar-refractivity contribution >= 4 is 17.7 Å². The average Bonchev–Trinajstić information content (AvgIpc) is 2.79. The van der Waals surface area contributed by atoms with E-state index in [0.717, 1.165) is 18.4 Å². The maximum Gasteiger partial charge on any atom is 0.244 e. The van der Waals surface area contributed by atoms with Gasteiger partial charge in [0.15, 0.2) is 0 Å². The highest BCUT2D eigenvalue weighted by molar-refractivity contribution is 5.92. The van der Waals surface area contributed by atoms with Crippen molar-refractivity contribution in [2.24, 2.45) is 0 Å². The maximum atomic E-state index is 11.6. The summed E-state index contributed by atoms with van der Waals surface area (Å²) in [5.41, 5.74) is 7.32. The van der Waals surface area contributed by atoms with E-state index in [0.29, 0.717) is 11.7 Å². The fourth-order valence-corrected chi connectivity index (χ4v) is 2.15. The Morgan fingerprint density at radius 2 is 2.12 bits per heavy atom. The summed E-state index contributed by atoms with van der Waals surface area (Å²) in [6, 6.07) is 7.85. The van der Waals surface area contributed by atoms with Crippen LogP contribution in [0, 0.1) is 0 Å². The number of hydrogen-bond donors (Lipinski definition) is 2. The number of hydrogen-bond acceptors (Lipinski definition) is 2. The van der Waals surface area contributed by atoms with Gasteiger partial charge in [-0.15, -0.1) is 0 Å². The van der Waals surface area contributed by atoms with Crippen molar-refractivity contribution in [1.29, 1.82) is 0 Å². The second-order valence-electron chi connectivity index (χ2n) is 4.49. The van der Waals surface area contributed by atoms with Gasteiger partial charge in [0.2, 0.25) is 5.91 Å². The molecule has 0 saturated heterocycles. The monoisotopic (exact) mass is 230 g/mol. The van der Waals surface area contributed by atoms with Crippen LogP contribution in [0.5, 0.6) is 0 Å². The molecule has 1 aromatic carbocycles. The van der Waals surface area contributed by atoms with Gasteiger partial charge in [-0.2, -0.15) is 0 Å². The van der Waals surface area contributed by atoms with Crippen LogP contribution in [0.15, 0.2) is 30.3 Å². The number of nitrogen functional groups attached to an aromatic ring is 1. The number of carbonyl (C=O) groups excluding carboxylic acids is 1. The highest BCUT2D eigenvalue weighted by Gasteiger charge is 2.15. The van der Waals surface area contributed by atoms with Gasteiger partial charge in [-0.25, -0.2) is 0 Å². The minimum atomic E-state index is -0.0145. The van der Waals surface area contributed by atoms with Crippen molar-refractivity contribution in [3.8, 4) is 0 Å². The molecule has 17 heavy (non-hydrogen) atoms. The quantitative estimate of drug-likeness (QED) is 0.618. The molecule has 3 heteroatoms. The van der Waals surface area contributed by atoms with Crippen molar-refractivity contribution in [2.75, 3.05) is 5.73 Å². The van der Waals surface area contributed by atoms with Gasteiger partial charge in [0.25, 0.3) is 0 Å². The van der Waals surface area contributed by atoms with Crippen LogP contribution in [0.1, 0.15) is 31.2 Å². The maximum absolute atomic E-state index is 11.6. The summed E-state index contributed by atoms with van der Waals surface area (Å²) in [4.78, 5) is 11.6. The molecule has 1 aliphatic carbocycles. The first-order valence-corrected chi connectivity index (χ1v) is 6.08. The van der Waals surface area contributed by atoms with Crippen LogP contribution < -0.4 is 11.1 Å². The van der Waals surface area contributed by atoms with Crippen molar-refractivity contribution in [3.63, 3.8) is 0 Å². The third-order valence-corrected chi connectivity index (χ3v) is 3.04. The zero-order valence-electron chi connectivity index (χ0n) is 9.86. The highest BCUT2D eigenvalue weighted by atomic mass is 16.1. The predicted molar refractivity (Wildman–Crippen MR) is 70.3 cm³/mol. The normalized spacial score (nSPS) is 16.5. The lowest BCUT2D eigenvalue weighted by Gasteiger charge is -2.09. The van der Waals surface area contributed by atoms with E-state index in [9.17, 15) is 4.79 Å². The Morgan fingerprint density at radius 1 is 1.35 bits per heavy atom. The molecule has 0 spiro atoms. The van der Waals surface area contributed by atoms with Gasteiger partial charge in [-0.3, -0.25) is 4.79 Å². The first-order valence-electron chi connectivity index (χ1n) is 6.08. The first kappa shape index (κ1) is 11.7. The topological polar surface area (TPSA) is 55.1 Å². The molecule has 0 bridgehead atoms. The molecule has 0 radical (unpaired) electrons. The summed E-state index contributed by atoms with van der Waals surface area (Å²) in [6.07, 6.45) is 8.04. The van der Waals surface area contributed by atoms with Crippen LogP contribution in [0.2, 0.25) is 0 Å². The summed E-state index contributed by atoms with van der Waals surface area (Å²) in [5, 5.41) is 3.01. The Balaban J connectivity index is 1.89. The molecule has 1 aliphatic rings. The molecule has 2 rings (SSSR count). The van der Waals surface area contributed by atoms with Crippen LogP contribution >= 0.6 is 0 Å². The third kappa shape index (κ3) is 3.63. The fourth-order valence-electron chi connectivity index (χ4n) is 2.15. The van der Waals surface area contributed by atoms with E-state index in [1.807, 2.05) is 24.3 Å². The Kier molecular flexibility index (Phi) is 3.81. The van der Waals surface area contributed by atoms with Crippen LogP contribution in [0.25, 0.3) is 6.08 Å². The number of benzene rings is 1. The van der Waals surface area contributed by atoms with Gasteiger partial charge in [-0.1, -0.05) is 25.0 Å². The third-order valence-electron chi connectivity index (χ3n) is 3.04. The summed E-state index contributed by atoms with van der Waals surface area (Å²) in [5.74, 6) is -0.0145. The van der Waals surface area contributed by atoms with Crippen molar-refractivity contribution in [1.82, 2.24) is 5.32 Å². The number of nitrogens with one attached hydrogen (secondary N) is 1. The van der Waals surface area contributed by atoms with Gasteiger partial charge in [0.05, 0.1) is 0 Å². The summed E-state index contributed by atoms with van der Waals surface area (Å²) < 4.78 is 0. The van der Waals surface area contributed by atoms with Crippen molar-refractivity contribution in [2.45, 2.75) is 31.7 Å². The van der Waals surface area contributed by atoms with Gasteiger partial charge < -0.3 is 11.1 Å². The number of anilines is 1. The SMILES string of the molecule is Nc1cccc(/C=C/C(=O)NC2CCCC2)c1. The van der Waals surface area contributed by atoms with E-state index in [1.165, 1.54) is 12.8 Å². The average molecular weight is 230 g/mol. The molecule has 3 N–H and O–H groups in total. The minimum absolute atomic E-state index is 0.0145. The smallest absolute Gasteiger partial charge is 0.244 e. The number of amides is 1. The molecule has 0 unspecified atom stereocenters. The number of carbonyl (C=O) groups is 1. The Morgan fingerprint density at radius 3 is 2.82 bits per heavy atom. The Hall–Kier alpha value is -1.77. The Bertz CT molecular complexity index is 420. The first-order chi connectivity index (χ1) is 8.24. The van der Waals surface area contributed by atoms with Gasteiger partial charge >= 0.3 is 0 Å². The zero-order valence-corrected chi connectivity index (χ0v) is 9.86. The van der Waals surface area contributed by atoms with Gasteiger partial charge in [-0.05, 0) is 36.6 Å². The molecule has 3 nitrogen and oxygen atoms in total. The van der Waals surface area contributed by atoms with Gasteiger partial charge in [0, 0.05) is 17.8 Å². The molecule has 0 aromatic heterocycles. The van der Waals surface area contributed by atoms with E-state index < -0.39 is 0 Å². The molecular weight excluding hydrogens is 212 g/mol. The van der Waals surface area contributed by atoms with E-state index in [1.54, 1.807) is 12.2 Å². The predicted octanol–water partition coefficient (Wildman–Crippen LogP) is 2.34. The van der Waals surface area contributed by atoms with E-state index >= 15 is 0 Å². The van der Waals surface area contributed by atoms with Crippen molar-refractivity contribution in [3.05, 3.63) is 35.9 Å². The number of rotatable bonds is 3. The van der Waals surface area contributed by atoms with E-state index in [-0.39, 0.29) is 5.91 Å². The molecule has 0 aliphatic heterocycles. The molecule has 90 valence electrons. The Labute approximate surface area is 102 Å². The molecule has 1 saturated carbocycles. The molecular formula is C14H18N2O. The standard InChI is InChI=1S/C14H18N2O/c15-12-5-3-4-11(10-12)8-9-14(17)16-13-6-1-2-7-13/h3-5,8-10,13H,1-2,6-7,15H2,(H,16,17)/b9-8+. The zero-order chi connectivity index (χ0) is 12.1. The summed E-state index contributed by atoms with van der Waals surface area (Å²) >= 11 is 0. The molecule has 1 fully saturated rings. The summed E-state index contributed by atoms with van der Waals surface area (Å²) in [6.45, 7) is 0. The van der Waals surface area contributed by atoms with Crippen LogP contribution in [0.3, 0.4) is 0 Å². The minimum Gasteiger partial charge on any atom is -0.399 e. The largest absolute Gasteiger partial charge is 0.399 e. The van der Waals surface area contributed by atoms with E-state index in [2.05, 4.69) is 5.32 Å². The van der Waals surface area contributed by atoms with Crippen LogP contribution in [-0.4, -0.2) is 11.9 Å². The number of nitrogens with two attached hydrogens (primary N) is 1. The highest BCUT2D eigenvalue weighted by Crippen LogP contribution is 2.17. The molecule has 1 amide bonds. The second-order valence-corrected chi connectivity index (χ2v) is 4.49. The molecule has 1 aromatic rings.